The SMILES string of the molecule is CN1C(=O)C(/C=C/C(=O)Nc2ccccc2C(=O)O)Oc2ccccc21. The first kappa shape index (κ1) is 17.2. The van der Waals surface area contributed by atoms with Gasteiger partial charge in [-0.1, -0.05) is 24.3 Å². The third-order valence-electron chi connectivity index (χ3n) is 3.89. The summed E-state index contributed by atoms with van der Waals surface area (Å²) in [6.07, 6.45) is 1.56. The number of carbonyl (C=O) groups is 3. The number of carboxylic acids is 1. The number of likely N-dealkylation sites (N-methyl/N-ethyl adjacent to an activating group) is 1. The predicted octanol–water partition coefficient (Wildman–Crippen LogP) is 2.30. The van der Waals surface area contributed by atoms with E-state index in [1.54, 1.807) is 43.4 Å². The number of hydrogen-bond donors (Lipinski definition) is 2. The van der Waals surface area contributed by atoms with Crippen LogP contribution in [-0.2, 0) is 9.59 Å². The summed E-state index contributed by atoms with van der Waals surface area (Å²) in [7, 11) is 1.63. The minimum atomic E-state index is -1.14. The van der Waals surface area contributed by atoms with E-state index < -0.39 is 18.0 Å². The smallest absolute Gasteiger partial charge is 0.337 e. The van der Waals surface area contributed by atoms with Gasteiger partial charge in [-0.2, -0.15) is 0 Å². The molecule has 0 radical (unpaired) electrons. The van der Waals surface area contributed by atoms with Crippen molar-refractivity contribution in [2.45, 2.75) is 6.10 Å². The lowest BCUT2D eigenvalue weighted by molar-refractivity contribution is -0.124. The van der Waals surface area contributed by atoms with E-state index in [0.29, 0.717) is 11.4 Å². The average molecular weight is 352 g/mol. The summed E-state index contributed by atoms with van der Waals surface area (Å²) in [5.41, 5.74) is 0.808. The quantitative estimate of drug-likeness (QED) is 0.823. The maximum Gasteiger partial charge on any atom is 0.337 e. The van der Waals surface area contributed by atoms with Crippen molar-refractivity contribution in [1.29, 1.82) is 0 Å². The van der Waals surface area contributed by atoms with Crippen LogP contribution >= 0.6 is 0 Å². The van der Waals surface area contributed by atoms with Gasteiger partial charge in [0.05, 0.1) is 16.9 Å². The summed E-state index contributed by atoms with van der Waals surface area (Å²) in [6, 6.07) is 13.2. The highest BCUT2D eigenvalue weighted by molar-refractivity contribution is 6.06. The zero-order valence-corrected chi connectivity index (χ0v) is 13.9. The minimum Gasteiger partial charge on any atom is -0.478 e. The van der Waals surface area contributed by atoms with Gasteiger partial charge in [0, 0.05) is 13.1 Å². The monoisotopic (exact) mass is 352 g/mol. The van der Waals surface area contributed by atoms with Crippen molar-refractivity contribution in [2.75, 3.05) is 17.3 Å². The Kier molecular flexibility index (Phi) is 4.70. The Morgan fingerprint density at radius 1 is 1.15 bits per heavy atom. The van der Waals surface area contributed by atoms with Crippen LogP contribution in [0.25, 0.3) is 0 Å². The second-order valence-electron chi connectivity index (χ2n) is 5.60. The molecule has 2 N–H and O–H groups in total. The molecule has 2 amide bonds. The molecule has 0 spiro atoms. The van der Waals surface area contributed by atoms with Crippen molar-refractivity contribution in [3.05, 3.63) is 66.2 Å². The summed E-state index contributed by atoms with van der Waals surface area (Å²) in [4.78, 5) is 37.1. The van der Waals surface area contributed by atoms with Crippen molar-refractivity contribution >= 4 is 29.2 Å². The molecule has 7 nitrogen and oxygen atoms in total. The van der Waals surface area contributed by atoms with Crippen molar-refractivity contribution in [3.8, 4) is 5.75 Å². The van der Waals surface area contributed by atoms with Crippen molar-refractivity contribution in [2.24, 2.45) is 0 Å². The first-order valence-corrected chi connectivity index (χ1v) is 7.82. The number of ether oxygens (including phenoxy) is 1. The average Bonchev–Trinajstić information content (AvgIpc) is 2.64. The van der Waals surface area contributed by atoms with E-state index in [1.165, 1.54) is 23.1 Å². The number of hydrogen-bond acceptors (Lipinski definition) is 4. The van der Waals surface area contributed by atoms with E-state index in [0.717, 1.165) is 6.08 Å². The highest BCUT2D eigenvalue weighted by Crippen LogP contribution is 2.32. The van der Waals surface area contributed by atoms with Crippen LogP contribution in [0.4, 0.5) is 11.4 Å². The van der Waals surface area contributed by atoms with E-state index in [-0.39, 0.29) is 17.2 Å². The number of rotatable bonds is 4. The molecular weight excluding hydrogens is 336 g/mol. The third-order valence-corrected chi connectivity index (χ3v) is 3.89. The number of benzene rings is 2. The van der Waals surface area contributed by atoms with Gasteiger partial charge in [-0.15, -0.1) is 0 Å². The Bertz CT molecular complexity index is 906. The van der Waals surface area contributed by atoms with Crippen LogP contribution in [0.15, 0.2) is 60.7 Å². The van der Waals surface area contributed by atoms with Crippen molar-refractivity contribution in [1.82, 2.24) is 0 Å². The van der Waals surface area contributed by atoms with Crippen molar-refractivity contribution in [3.63, 3.8) is 0 Å². The van der Waals surface area contributed by atoms with E-state index in [4.69, 9.17) is 9.84 Å². The normalized spacial score (nSPS) is 16.1. The molecule has 0 aromatic heterocycles. The molecule has 1 unspecified atom stereocenters. The lowest BCUT2D eigenvalue weighted by Crippen LogP contribution is -2.42. The van der Waals surface area contributed by atoms with Gasteiger partial charge in [0.25, 0.3) is 5.91 Å². The predicted molar refractivity (Wildman–Crippen MR) is 95.4 cm³/mol. The maximum atomic E-state index is 12.3. The summed E-state index contributed by atoms with van der Waals surface area (Å²) in [5, 5.41) is 11.6. The largest absolute Gasteiger partial charge is 0.478 e. The highest BCUT2D eigenvalue weighted by atomic mass is 16.5. The fourth-order valence-electron chi connectivity index (χ4n) is 2.58. The summed E-state index contributed by atoms with van der Waals surface area (Å²) in [6.45, 7) is 0. The standard InChI is InChI=1S/C19H16N2O5/c1-21-14-8-4-5-9-15(14)26-16(18(21)23)10-11-17(22)20-13-7-3-2-6-12(13)19(24)25/h2-11,16H,1H3,(H,20,22)(H,24,25)/b11-10+. The molecule has 132 valence electrons. The van der Waals surface area contributed by atoms with Gasteiger partial charge in [0.1, 0.15) is 5.75 Å². The lowest BCUT2D eigenvalue weighted by atomic mass is 10.1. The van der Waals surface area contributed by atoms with Crippen LogP contribution < -0.4 is 15.0 Å². The Hall–Kier alpha value is -3.61. The molecule has 0 fully saturated rings. The molecule has 0 bridgehead atoms. The van der Waals surface area contributed by atoms with Gasteiger partial charge >= 0.3 is 5.97 Å². The van der Waals surface area contributed by atoms with Gasteiger partial charge in [-0.3, -0.25) is 9.59 Å². The fourth-order valence-corrected chi connectivity index (χ4v) is 2.58. The zero-order valence-electron chi connectivity index (χ0n) is 13.9. The Balaban J connectivity index is 1.73. The summed E-state index contributed by atoms with van der Waals surface area (Å²) < 4.78 is 5.63. The lowest BCUT2D eigenvalue weighted by Gasteiger charge is -2.30. The number of nitrogens with zero attached hydrogens (tertiary/aromatic N) is 1. The van der Waals surface area contributed by atoms with Gasteiger partial charge in [-0.05, 0) is 30.3 Å². The third kappa shape index (κ3) is 3.41. The second kappa shape index (κ2) is 7.10. The molecule has 1 aliphatic rings. The molecule has 1 aliphatic heterocycles. The molecule has 26 heavy (non-hydrogen) atoms. The summed E-state index contributed by atoms with van der Waals surface area (Å²) in [5.74, 6) is -1.47. The number of carboxylic acid groups (broad SMARTS) is 1. The van der Waals surface area contributed by atoms with Crippen LogP contribution in [0.1, 0.15) is 10.4 Å². The molecule has 0 saturated carbocycles. The van der Waals surface area contributed by atoms with E-state index in [2.05, 4.69) is 5.32 Å². The fraction of sp³-hybridized carbons (Fsp3) is 0.105. The molecule has 1 heterocycles. The number of fused-ring (bicyclic) bond motifs is 1. The molecule has 0 aliphatic carbocycles. The van der Waals surface area contributed by atoms with Crippen LogP contribution in [0, 0.1) is 0 Å². The van der Waals surface area contributed by atoms with E-state index in [1.807, 2.05) is 0 Å². The zero-order chi connectivity index (χ0) is 18.7. The van der Waals surface area contributed by atoms with Gasteiger partial charge in [0.2, 0.25) is 5.91 Å². The van der Waals surface area contributed by atoms with E-state index in [9.17, 15) is 14.4 Å². The van der Waals surface area contributed by atoms with Gasteiger partial charge in [0.15, 0.2) is 6.10 Å². The first-order valence-electron chi connectivity index (χ1n) is 7.82. The van der Waals surface area contributed by atoms with Crippen LogP contribution in [0.5, 0.6) is 5.75 Å². The molecule has 7 heteroatoms. The topological polar surface area (TPSA) is 95.9 Å². The first-order chi connectivity index (χ1) is 12.5. The molecule has 2 aromatic rings. The number of aromatic carboxylic acids is 1. The van der Waals surface area contributed by atoms with Crippen LogP contribution in [0.2, 0.25) is 0 Å². The molecule has 0 saturated heterocycles. The van der Waals surface area contributed by atoms with Crippen molar-refractivity contribution < 1.29 is 24.2 Å². The Morgan fingerprint density at radius 2 is 1.85 bits per heavy atom. The minimum absolute atomic E-state index is 0.0205. The second-order valence-corrected chi connectivity index (χ2v) is 5.60. The number of carbonyl (C=O) groups excluding carboxylic acids is 2. The summed E-state index contributed by atoms with van der Waals surface area (Å²) >= 11 is 0. The van der Waals surface area contributed by atoms with Gasteiger partial charge < -0.3 is 20.1 Å². The van der Waals surface area contributed by atoms with E-state index >= 15 is 0 Å². The highest BCUT2D eigenvalue weighted by Gasteiger charge is 2.30. The molecule has 2 aromatic carbocycles. The number of nitrogens with one attached hydrogen (secondary N) is 1. The molecular formula is C19H16N2O5. The molecule has 1 atom stereocenters. The number of anilines is 2. The van der Waals surface area contributed by atoms with Gasteiger partial charge in [-0.25, -0.2) is 4.79 Å². The Morgan fingerprint density at radius 3 is 2.62 bits per heavy atom. The molecule has 3 rings (SSSR count). The maximum absolute atomic E-state index is 12.3. The number of para-hydroxylation sites is 3. The Labute approximate surface area is 149 Å². The number of amides is 2. The van der Waals surface area contributed by atoms with Crippen LogP contribution in [0.3, 0.4) is 0 Å². The van der Waals surface area contributed by atoms with Crippen LogP contribution in [-0.4, -0.2) is 36.0 Å².